The predicted octanol–water partition coefficient (Wildman–Crippen LogP) is 2.70. The number of hydrogen-bond donors (Lipinski definition) is 0. The number of aldehydes is 1. The normalized spacial score (nSPS) is 11.4. The number of carbonyl (C=O) groups excluding carboxylic acids is 1. The monoisotopic (exact) mass is 212 g/mol. The minimum atomic E-state index is -1.45. The van der Waals surface area contributed by atoms with Gasteiger partial charge in [-0.05, 0) is 11.3 Å². The van der Waals surface area contributed by atoms with Gasteiger partial charge < -0.3 is 0 Å². The number of halogens is 1. The molecule has 13 heavy (non-hydrogen) atoms. The van der Waals surface area contributed by atoms with Crippen molar-refractivity contribution in [3.05, 3.63) is 28.8 Å². The van der Waals surface area contributed by atoms with E-state index in [9.17, 15) is 4.79 Å². The zero-order valence-corrected chi connectivity index (χ0v) is 9.85. The summed E-state index contributed by atoms with van der Waals surface area (Å²) in [7, 11) is -1.45. The lowest BCUT2D eigenvalue weighted by molar-refractivity contribution is 0.112. The average molecular weight is 213 g/mol. The van der Waals surface area contributed by atoms with E-state index in [1.54, 1.807) is 6.07 Å². The lowest BCUT2D eigenvalue weighted by atomic mass is 10.2. The van der Waals surface area contributed by atoms with Gasteiger partial charge >= 0.3 is 0 Å². The molecule has 1 aromatic rings. The zero-order chi connectivity index (χ0) is 10.1. The summed E-state index contributed by atoms with van der Waals surface area (Å²) < 4.78 is 0. The summed E-state index contributed by atoms with van der Waals surface area (Å²) in [6, 6.07) is 5.67. The van der Waals surface area contributed by atoms with Crippen LogP contribution in [-0.2, 0) is 0 Å². The Balaban J connectivity index is 3.37. The lowest BCUT2D eigenvalue weighted by Crippen LogP contribution is -2.40. The highest BCUT2D eigenvalue weighted by molar-refractivity contribution is 6.89. The Kier molecular flexibility index (Phi) is 2.93. The van der Waals surface area contributed by atoms with Crippen LogP contribution in [-0.4, -0.2) is 14.4 Å². The maximum absolute atomic E-state index is 10.8. The van der Waals surface area contributed by atoms with Crippen molar-refractivity contribution in [2.24, 2.45) is 0 Å². The highest BCUT2D eigenvalue weighted by Gasteiger charge is 2.20. The molecule has 0 spiro atoms. The summed E-state index contributed by atoms with van der Waals surface area (Å²) >= 11 is 5.93. The molecule has 0 saturated carbocycles. The van der Waals surface area contributed by atoms with E-state index in [0.717, 1.165) is 11.5 Å². The van der Waals surface area contributed by atoms with Gasteiger partial charge in [-0.3, -0.25) is 4.79 Å². The largest absolute Gasteiger partial charge is 0.298 e. The molecule has 70 valence electrons. The van der Waals surface area contributed by atoms with Crippen LogP contribution in [0.1, 0.15) is 10.4 Å². The average Bonchev–Trinajstić information content (AvgIpc) is 2.02. The van der Waals surface area contributed by atoms with Gasteiger partial charge in [-0.25, -0.2) is 0 Å². The molecule has 0 aromatic heterocycles. The van der Waals surface area contributed by atoms with Crippen LogP contribution in [0.15, 0.2) is 18.2 Å². The molecule has 1 nitrogen and oxygen atoms in total. The summed E-state index contributed by atoms with van der Waals surface area (Å²) in [6.45, 7) is 6.60. The van der Waals surface area contributed by atoms with Gasteiger partial charge in [0.1, 0.15) is 0 Å². The summed E-state index contributed by atoms with van der Waals surface area (Å²) in [6.07, 6.45) is 0.857. The van der Waals surface area contributed by atoms with Gasteiger partial charge in [0.15, 0.2) is 6.29 Å². The Bertz CT molecular complexity index is 328. The van der Waals surface area contributed by atoms with Gasteiger partial charge in [0.25, 0.3) is 0 Å². The summed E-state index contributed by atoms with van der Waals surface area (Å²) in [5, 5.41) is 1.70. The number of carbonyl (C=O) groups is 1. The Morgan fingerprint density at radius 3 is 2.31 bits per heavy atom. The standard InChI is InChI=1S/C10H13ClOSi/c1-13(2,3)10-6-4-5-9(11)8(10)7-12/h4-7H,1-3H3. The van der Waals surface area contributed by atoms with Crippen molar-refractivity contribution in [3.8, 4) is 0 Å². The molecular weight excluding hydrogens is 200 g/mol. The molecule has 0 aliphatic carbocycles. The minimum absolute atomic E-state index is 0.565. The lowest BCUT2D eigenvalue weighted by Gasteiger charge is -2.19. The fourth-order valence-corrected chi connectivity index (χ4v) is 3.21. The third-order valence-corrected chi connectivity index (χ3v) is 4.36. The van der Waals surface area contributed by atoms with E-state index < -0.39 is 8.07 Å². The van der Waals surface area contributed by atoms with Crippen LogP contribution >= 0.6 is 11.6 Å². The Hall–Kier alpha value is -0.603. The van der Waals surface area contributed by atoms with Gasteiger partial charge in [-0.2, -0.15) is 0 Å². The third-order valence-electron chi connectivity index (χ3n) is 1.98. The zero-order valence-electron chi connectivity index (χ0n) is 8.10. The SMILES string of the molecule is C[Si](C)(C)c1cccc(Cl)c1C=O. The number of hydrogen-bond acceptors (Lipinski definition) is 1. The second-order valence-corrected chi connectivity index (χ2v) is 9.51. The van der Waals surface area contributed by atoms with E-state index in [2.05, 4.69) is 19.6 Å². The Labute approximate surface area is 84.7 Å². The van der Waals surface area contributed by atoms with Crippen LogP contribution in [0.4, 0.5) is 0 Å². The fourth-order valence-electron chi connectivity index (χ4n) is 1.31. The van der Waals surface area contributed by atoms with E-state index in [1.165, 1.54) is 0 Å². The first kappa shape index (κ1) is 10.5. The number of benzene rings is 1. The molecule has 1 aromatic carbocycles. The van der Waals surface area contributed by atoms with Crippen LogP contribution in [0.5, 0.6) is 0 Å². The van der Waals surface area contributed by atoms with Gasteiger partial charge in [0.2, 0.25) is 0 Å². The van der Waals surface area contributed by atoms with Crippen LogP contribution in [0.2, 0.25) is 24.7 Å². The Morgan fingerprint density at radius 1 is 1.31 bits per heavy atom. The van der Waals surface area contributed by atoms with Crippen molar-refractivity contribution in [2.45, 2.75) is 19.6 Å². The first-order valence-corrected chi connectivity index (χ1v) is 8.09. The van der Waals surface area contributed by atoms with E-state index >= 15 is 0 Å². The first-order valence-electron chi connectivity index (χ1n) is 4.21. The molecule has 0 aliphatic rings. The van der Waals surface area contributed by atoms with E-state index in [1.807, 2.05) is 12.1 Å². The molecule has 0 fully saturated rings. The minimum Gasteiger partial charge on any atom is -0.298 e. The third kappa shape index (κ3) is 2.20. The maximum Gasteiger partial charge on any atom is 0.151 e. The summed E-state index contributed by atoms with van der Waals surface area (Å²) in [5.41, 5.74) is 0.670. The van der Waals surface area contributed by atoms with E-state index in [-0.39, 0.29) is 0 Å². The molecule has 0 atom stereocenters. The van der Waals surface area contributed by atoms with Crippen LogP contribution in [0, 0.1) is 0 Å². The predicted molar refractivity (Wildman–Crippen MR) is 59.8 cm³/mol. The molecule has 0 amide bonds. The summed E-state index contributed by atoms with van der Waals surface area (Å²) in [5.74, 6) is 0. The quantitative estimate of drug-likeness (QED) is 0.544. The molecule has 0 heterocycles. The van der Waals surface area contributed by atoms with Crippen LogP contribution in [0.3, 0.4) is 0 Å². The van der Waals surface area contributed by atoms with Crippen molar-refractivity contribution < 1.29 is 4.79 Å². The molecule has 0 aliphatic heterocycles. The highest BCUT2D eigenvalue weighted by Crippen LogP contribution is 2.15. The molecular formula is C10H13ClOSi. The van der Waals surface area contributed by atoms with Crippen molar-refractivity contribution in [3.63, 3.8) is 0 Å². The van der Waals surface area contributed by atoms with Gasteiger partial charge in [0, 0.05) is 5.56 Å². The second-order valence-electron chi connectivity index (χ2n) is 4.07. The van der Waals surface area contributed by atoms with Crippen LogP contribution in [0.25, 0.3) is 0 Å². The molecule has 0 radical (unpaired) electrons. The molecule has 3 heteroatoms. The smallest absolute Gasteiger partial charge is 0.151 e. The maximum atomic E-state index is 10.8. The molecule has 0 bridgehead atoms. The van der Waals surface area contributed by atoms with E-state index in [0.29, 0.717) is 10.6 Å². The molecule has 1 rings (SSSR count). The van der Waals surface area contributed by atoms with Gasteiger partial charge in [-0.15, -0.1) is 0 Å². The van der Waals surface area contributed by atoms with Crippen molar-refractivity contribution in [2.75, 3.05) is 0 Å². The van der Waals surface area contributed by atoms with Crippen molar-refractivity contribution in [1.29, 1.82) is 0 Å². The van der Waals surface area contributed by atoms with Crippen molar-refractivity contribution in [1.82, 2.24) is 0 Å². The molecule has 0 N–H and O–H groups in total. The Morgan fingerprint density at radius 2 is 1.92 bits per heavy atom. The van der Waals surface area contributed by atoms with Crippen LogP contribution < -0.4 is 5.19 Å². The number of rotatable bonds is 2. The molecule has 0 unspecified atom stereocenters. The second kappa shape index (κ2) is 3.64. The highest BCUT2D eigenvalue weighted by atomic mass is 35.5. The van der Waals surface area contributed by atoms with E-state index in [4.69, 9.17) is 11.6 Å². The molecule has 0 saturated heterocycles. The summed E-state index contributed by atoms with van der Waals surface area (Å²) in [4.78, 5) is 10.8. The fraction of sp³-hybridized carbons (Fsp3) is 0.300. The first-order chi connectivity index (χ1) is 5.96. The van der Waals surface area contributed by atoms with Gasteiger partial charge in [0.05, 0.1) is 13.1 Å². The van der Waals surface area contributed by atoms with Gasteiger partial charge in [-0.1, -0.05) is 43.4 Å². The topological polar surface area (TPSA) is 17.1 Å². The van der Waals surface area contributed by atoms with Crippen molar-refractivity contribution >= 4 is 31.1 Å².